The van der Waals surface area contributed by atoms with Gasteiger partial charge in [-0.05, 0) is 70.4 Å². The predicted octanol–water partition coefficient (Wildman–Crippen LogP) is 1.79. The van der Waals surface area contributed by atoms with Crippen LogP contribution in [0.3, 0.4) is 0 Å². The van der Waals surface area contributed by atoms with E-state index < -0.39 is 12.3 Å². The van der Waals surface area contributed by atoms with E-state index in [4.69, 9.17) is 0 Å². The first-order valence-corrected chi connectivity index (χ1v) is 16.1. The Hall–Kier alpha value is -2.41. The Bertz CT molecular complexity index is 1070. The minimum atomic E-state index is -1.15. The Morgan fingerprint density at radius 3 is 2.69 bits per heavy atom. The molecule has 4 saturated heterocycles. The lowest BCUT2D eigenvalue weighted by Gasteiger charge is -2.60. The van der Waals surface area contributed by atoms with Crippen LogP contribution < -0.4 is 26.9 Å². The summed E-state index contributed by atoms with van der Waals surface area (Å²) in [6.45, 7) is 14.3. The molecule has 234 valence electrons. The van der Waals surface area contributed by atoms with Crippen LogP contribution in [0.15, 0.2) is 24.6 Å². The van der Waals surface area contributed by atoms with Gasteiger partial charge < -0.3 is 25.9 Å². The number of carbonyl (C=O) groups is 2. The number of amides is 3. The molecule has 0 spiro atoms. The standard InChI is InChI=1S/C30H50FN9O2/c1-6-24(41)37-14-19(5)38(15-18(37)4)27-22-13-23(31)29-33-28(22)40(30(42)34-27)26-20(11-12-32-25(26)17(2)3)9-7-8-10-21-16-39(29)36-35-21/h6,16-20,22-23,25-29,32-33,35-36H,1,7-15H2,2-5H3,(H,34,42)/t18-,19+,20?,22?,23?,25?,26?,27?,28?,29?/m1/s1. The largest absolute Gasteiger partial charge is 0.334 e. The van der Waals surface area contributed by atoms with E-state index in [0.29, 0.717) is 31.3 Å². The molecule has 0 radical (unpaired) electrons. The number of nitrogens with one attached hydrogen (secondary N) is 5. The minimum absolute atomic E-state index is 0.00468. The van der Waals surface area contributed by atoms with Gasteiger partial charge in [0.05, 0.1) is 18.4 Å². The van der Waals surface area contributed by atoms with Crippen LogP contribution in [0, 0.1) is 17.8 Å². The molecule has 0 aromatic heterocycles. The van der Waals surface area contributed by atoms with E-state index in [1.165, 1.54) is 6.08 Å². The van der Waals surface area contributed by atoms with Crippen LogP contribution in [0.4, 0.5) is 9.18 Å². The van der Waals surface area contributed by atoms with Gasteiger partial charge in [-0.15, -0.1) is 5.53 Å². The molecule has 8 unspecified atom stereocenters. The molecule has 42 heavy (non-hydrogen) atoms. The fourth-order valence-electron chi connectivity index (χ4n) is 8.55. The maximum Gasteiger partial charge on any atom is 0.320 e. The maximum absolute atomic E-state index is 16.2. The predicted molar refractivity (Wildman–Crippen MR) is 159 cm³/mol. The van der Waals surface area contributed by atoms with Crippen molar-refractivity contribution in [1.29, 1.82) is 0 Å². The molecule has 11 nitrogen and oxygen atoms in total. The third-order valence-electron chi connectivity index (χ3n) is 10.6. The average molecular weight is 588 g/mol. The fourth-order valence-corrected chi connectivity index (χ4v) is 8.55. The van der Waals surface area contributed by atoms with E-state index in [-0.39, 0.29) is 54.4 Å². The molecule has 0 saturated carbocycles. The second kappa shape index (κ2) is 11.9. The zero-order valence-corrected chi connectivity index (χ0v) is 25.6. The third kappa shape index (κ3) is 5.28. The summed E-state index contributed by atoms with van der Waals surface area (Å²) >= 11 is 0. The highest BCUT2D eigenvalue weighted by Gasteiger charge is 2.56. The van der Waals surface area contributed by atoms with Gasteiger partial charge in [-0.25, -0.2) is 9.18 Å². The molecule has 0 aliphatic carbocycles. The first-order valence-electron chi connectivity index (χ1n) is 16.1. The second-order valence-electron chi connectivity index (χ2n) is 13.7. The lowest BCUT2D eigenvalue weighted by molar-refractivity contribution is -0.137. The summed E-state index contributed by atoms with van der Waals surface area (Å²) in [6.07, 6.45) is 6.34. The summed E-state index contributed by atoms with van der Waals surface area (Å²) < 4.78 is 16.2. The summed E-state index contributed by atoms with van der Waals surface area (Å²) in [5, 5.41) is 12.6. The summed E-state index contributed by atoms with van der Waals surface area (Å²) in [7, 11) is 0. The van der Waals surface area contributed by atoms with Gasteiger partial charge in [0.25, 0.3) is 0 Å². The molecule has 4 bridgehead atoms. The number of piperazine rings is 1. The summed E-state index contributed by atoms with van der Waals surface area (Å²) in [5.74, 6) is 0.459. The molecule has 6 heterocycles. The van der Waals surface area contributed by atoms with Crippen LogP contribution in [0.1, 0.15) is 66.2 Å². The van der Waals surface area contributed by atoms with Crippen LogP contribution >= 0.6 is 0 Å². The highest BCUT2D eigenvalue weighted by atomic mass is 19.1. The number of carbonyl (C=O) groups excluding carboxylic acids is 2. The number of hydrogen-bond donors (Lipinski definition) is 5. The molecule has 3 amide bonds. The highest BCUT2D eigenvalue weighted by Crippen LogP contribution is 2.40. The molecule has 5 N–H and O–H groups in total. The molecule has 4 fully saturated rings. The lowest BCUT2D eigenvalue weighted by atomic mass is 9.76. The Balaban J connectivity index is 1.37. The van der Waals surface area contributed by atoms with Crippen LogP contribution in [-0.2, 0) is 4.79 Å². The second-order valence-corrected chi connectivity index (χ2v) is 13.7. The first-order chi connectivity index (χ1) is 20.2. The van der Waals surface area contributed by atoms with E-state index >= 15 is 4.39 Å². The Morgan fingerprint density at radius 1 is 1.12 bits per heavy atom. The third-order valence-corrected chi connectivity index (χ3v) is 10.6. The minimum Gasteiger partial charge on any atom is -0.334 e. The van der Waals surface area contributed by atoms with Gasteiger partial charge in [0.1, 0.15) is 12.3 Å². The van der Waals surface area contributed by atoms with Crippen molar-refractivity contribution in [3.05, 3.63) is 24.6 Å². The normalized spacial score (nSPS) is 41.0. The van der Waals surface area contributed by atoms with Crippen molar-refractivity contribution in [2.45, 2.75) is 115 Å². The number of rotatable bonds is 3. The van der Waals surface area contributed by atoms with E-state index in [2.05, 4.69) is 64.1 Å². The van der Waals surface area contributed by atoms with Crippen molar-refractivity contribution in [1.82, 2.24) is 46.6 Å². The monoisotopic (exact) mass is 587 g/mol. The van der Waals surface area contributed by atoms with Crippen LogP contribution in [-0.4, -0.2) is 100 Å². The zero-order chi connectivity index (χ0) is 29.7. The lowest BCUT2D eigenvalue weighted by Crippen LogP contribution is -2.80. The van der Waals surface area contributed by atoms with Crippen LogP contribution in [0.5, 0.6) is 0 Å². The topological polar surface area (TPSA) is 107 Å². The first kappa shape index (κ1) is 29.7. The van der Waals surface area contributed by atoms with E-state index in [1.807, 2.05) is 23.0 Å². The molecule has 0 aromatic rings. The van der Waals surface area contributed by atoms with Gasteiger partial charge in [0.15, 0.2) is 0 Å². The van der Waals surface area contributed by atoms with Gasteiger partial charge in [0.2, 0.25) is 5.91 Å². The smallest absolute Gasteiger partial charge is 0.320 e. The number of urea groups is 1. The van der Waals surface area contributed by atoms with Gasteiger partial charge >= 0.3 is 6.03 Å². The SMILES string of the molecule is C=CC(=O)N1C[C@H](C)N(C2NC(=O)N3C4NC(C(F)CC42)N2C=C(CCCCC4CCNC(C(C)C)C43)NN2)C[C@H]1C. The number of allylic oxidation sites excluding steroid dienone is 1. The number of hydrazine groups is 2. The fraction of sp³-hybridized carbons (Fsp3) is 0.800. The Kier molecular flexibility index (Phi) is 8.43. The average Bonchev–Trinajstić information content (AvgIpc) is 3.44. The highest BCUT2D eigenvalue weighted by molar-refractivity contribution is 5.87. The summed E-state index contributed by atoms with van der Waals surface area (Å²) in [5.41, 5.74) is 7.47. The molecule has 12 heteroatoms. The van der Waals surface area contributed by atoms with Crippen molar-refractivity contribution >= 4 is 11.9 Å². The number of alkyl halides is 1. The number of piperidine rings is 2. The van der Waals surface area contributed by atoms with E-state index in [1.54, 1.807) is 0 Å². The van der Waals surface area contributed by atoms with Gasteiger partial charge in [0, 0.05) is 49.0 Å². The molecular formula is C30H50FN9O2. The molecule has 6 rings (SSSR count). The summed E-state index contributed by atoms with van der Waals surface area (Å²) in [4.78, 5) is 33.1. The van der Waals surface area contributed by atoms with E-state index in [9.17, 15) is 9.59 Å². The zero-order valence-electron chi connectivity index (χ0n) is 25.6. The summed E-state index contributed by atoms with van der Waals surface area (Å²) in [6, 6.07) is 0.0237. The molecular weight excluding hydrogens is 537 g/mol. The van der Waals surface area contributed by atoms with Gasteiger partial charge in [-0.1, -0.05) is 26.8 Å². The van der Waals surface area contributed by atoms with Crippen molar-refractivity contribution in [3.8, 4) is 0 Å². The Morgan fingerprint density at radius 2 is 1.93 bits per heavy atom. The molecule has 0 aromatic carbocycles. The van der Waals surface area contributed by atoms with Crippen molar-refractivity contribution in [2.24, 2.45) is 17.8 Å². The van der Waals surface area contributed by atoms with Gasteiger partial charge in [-0.3, -0.25) is 20.0 Å². The molecule has 10 atom stereocenters. The number of fused-ring (bicyclic) bond motifs is 5. The van der Waals surface area contributed by atoms with E-state index in [0.717, 1.165) is 44.3 Å². The quantitative estimate of drug-likeness (QED) is 0.319. The molecule has 6 aliphatic heterocycles. The maximum atomic E-state index is 16.2. The Labute approximate surface area is 249 Å². The van der Waals surface area contributed by atoms with Crippen molar-refractivity contribution < 1.29 is 14.0 Å². The number of hydrogen-bond acceptors (Lipinski definition) is 8. The van der Waals surface area contributed by atoms with Gasteiger partial charge in [-0.2, -0.15) is 0 Å². The van der Waals surface area contributed by atoms with Crippen molar-refractivity contribution in [2.75, 3.05) is 19.6 Å². The van der Waals surface area contributed by atoms with Crippen molar-refractivity contribution in [3.63, 3.8) is 0 Å². The number of halogens is 1. The van der Waals surface area contributed by atoms with Crippen LogP contribution in [0.25, 0.3) is 0 Å². The molecule has 6 aliphatic rings. The number of nitrogens with zero attached hydrogens (tertiary/aromatic N) is 4. The van der Waals surface area contributed by atoms with Crippen LogP contribution in [0.2, 0.25) is 0 Å².